The zero-order valence-corrected chi connectivity index (χ0v) is 12.9. The topological polar surface area (TPSA) is 98.5 Å². The Balaban J connectivity index is 2.98. The lowest BCUT2D eigenvalue weighted by Crippen LogP contribution is -2.19. The molecule has 0 bridgehead atoms. The third-order valence-corrected chi connectivity index (χ3v) is 3.67. The van der Waals surface area contributed by atoms with E-state index in [2.05, 4.69) is 10.1 Å². The van der Waals surface area contributed by atoms with E-state index in [1.54, 1.807) is 6.26 Å². The van der Waals surface area contributed by atoms with E-state index in [1.165, 1.54) is 25.3 Å². The molecule has 1 rings (SSSR count). The van der Waals surface area contributed by atoms with Crippen LogP contribution in [0.4, 0.5) is 11.4 Å². The number of carbonyl (C=O) groups excluding carboxylic acids is 1. The predicted molar refractivity (Wildman–Crippen MR) is 81.1 cm³/mol. The fourth-order valence-electron chi connectivity index (χ4n) is 1.74. The molecule has 0 amide bonds. The molecule has 0 radical (unpaired) electrons. The van der Waals surface area contributed by atoms with Gasteiger partial charge < -0.3 is 10.1 Å². The molecule has 2 unspecified atom stereocenters. The van der Waals surface area contributed by atoms with Crippen molar-refractivity contribution in [2.24, 2.45) is 0 Å². The number of benzene rings is 1. The largest absolute Gasteiger partial charge is 0.465 e. The second-order valence-corrected chi connectivity index (χ2v) is 6.15. The predicted octanol–water partition coefficient (Wildman–Crippen LogP) is 1.95. The number of nitrogens with zero attached hydrogens (tertiary/aromatic N) is 1. The van der Waals surface area contributed by atoms with Crippen molar-refractivity contribution in [1.82, 2.24) is 0 Å². The summed E-state index contributed by atoms with van der Waals surface area (Å²) in [6.07, 6.45) is 2.20. The van der Waals surface area contributed by atoms with Crippen LogP contribution in [0.15, 0.2) is 18.2 Å². The van der Waals surface area contributed by atoms with Gasteiger partial charge in [0.2, 0.25) is 0 Å². The van der Waals surface area contributed by atoms with Crippen molar-refractivity contribution in [2.75, 3.05) is 24.4 Å². The quantitative estimate of drug-likeness (QED) is 0.469. The van der Waals surface area contributed by atoms with Crippen LogP contribution in [-0.4, -0.2) is 40.3 Å². The van der Waals surface area contributed by atoms with Crippen LogP contribution in [0, 0.1) is 10.1 Å². The van der Waals surface area contributed by atoms with Gasteiger partial charge >= 0.3 is 5.97 Å². The molecule has 0 aromatic heterocycles. The Morgan fingerprint density at radius 1 is 1.52 bits per heavy atom. The number of nitro benzene ring substituents is 1. The monoisotopic (exact) mass is 314 g/mol. The van der Waals surface area contributed by atoms with Crippen molar-refractivity contribution in [3.05, 3.63) is 33.9 Å². The Hall–Kier alpha value is -1.96. The lowest BCUT2D eigenvalue weighted by Gasteiger charge is -2.15. The summed E-state index contributed by atoms with van der Waals surface area (Å²) in [7, 11) is 0.327. The molecule has 0 spiro atoms. The van der Waals surface area contributed by atoms with E-state index in [-0.39, 0.29) is 23.0 Å². The first-order valence-corrected chi connectivity index (χ1v) is 8.01. The highest BCUT2D eigenvalue weighted by Crippen LogP contribution is 2.26. The van der Waals surface area contributed by atoms with Crippen LogP contribution in [0.2, 0.25) is 0 Å². The minimum atomic E-state index is -0.919. The summed E-state index contributed by atoms with van der Waals surface area (Å²) in [5.41, 5.74) is 0.362. The van der Waals surface area contributed by atoms with Crippen molar-refractivity contribution in [3.8, 4) is 0 Å². The SMILES string of the molecule is COC(=O)c1ccc([N+](=O)[O-])c(NC(C)CCS(C)=O)c1. The number of nitro groups is 1. The molecule has 0 aliphatic carbocycles. The van der Waals surface area contributed by atoms with Crippen LogP contribution in [0.3, 0.4) is 0 Å². The highest BCUT2D eigenvalue weighted by molar-refractivity contribution is 7.84. The lowest BCUT2D eigenvalue weighted by molar-refractivity contribution is -0.384. The van der Waals surface area contributed by atoms with Gasteiger partial charge in [0.05, 0.1) is 17.6 Å². The zero-order valence-electron chi connectivity index (χ0n) is 12.1. The highest BCUT2D eigenvalue weighted by Gasteiger charge is 2.18. The van der Waals surface area contributed by atoms with Gasteiger partial charge in [-0.1, -0.05) is 0 Å². The molecule has 21 heavy (non-hydrogen) atoms. The summed E-state index contributed by atoms with van der Waals surface area (Å²) in [4.78, 5) is 22.0. The van der Waals surface area contributed by atoms with Gasteiger partial charge in [0.25, 0.3) is 5.69 Å². The minimum absolute atomic E-state index is 0.111. The van der Waals surface area contributed by atoms with Crippen LogP contribution >= 0.6 is 0 Å². The molecule has 116 valence electrons. The van der Waals surface area contributed by atoms with Gasteiger partial charge in [-0.3, -0.25) is 14.3 Å². The molecule has 2 atom stereocenters. The Morgan fingerprint density at radius 3 is 2.71 bits per heavy atom. The van der Waals surface area contributed by atoms with Gasteiger partial charge in [-0.05, 0) is 25.5 Å². The van der Waals surface area contributed by atoms with Crippen LogP contribution in [-0.2, 0) is 15.5 Å². The number of carbonyl (C=O) groups is 1. The molecule has 7 nitrogen and oxygen atoms in total. The zero-order chi connectivity index (χ0) is 16.0. The van der Waals surface area contributed by atoms with Gasteiger partial charge in [-0.15, -0.1) is 0 Å². The molecule has 1 aromatic rings. The normalized spacial score (nSPS) is 13.3. The first kappa shape index (κ1) is 17.1. The number of ether oxygens (including phenoxy) is 1. The summed E-state index contributed by atoms with van der Waals surface area (Å²) in [6.45, 7) is 1.83. The molecule has 1 N–H and O–H groups in total. The summed E-state index contributed by atoms with van der Waals surface area (Å²) in [6, 6.07) is 3.89. The molecular weight excluding hydrogens is 296 g/mol. The molecule has 0 aliphatic heterocycles. The molecule has 0 saturated heterocycles. The third-order valence-electron chi connectivity index (χ3n) is 2.85. The fourth-order valence-corrected chi connectivity index (χ4v) is 2.42. The average molecular weight is 314 g/mol. The Kier molecular flexibility index (Phi) is 6.29. The first-order chi connectivity index (χ1) is 9.85. The maximum absolute atomic E-state index is 11.5. The standard InChI is InChI=1S/C13H18N2O5S/c1-9(6-7-21(3)19)14-11-8-10(13(16)20-2)4-5-12(11)15(17)18/h4-5,8-9,14H,6-7H2,1-3H3. The Labute approximate surface area is 125 Å². The van der Waals surface area contributed by atoms with Crippen LogP contribution in [0.5, 0.6) is 0 Å². The number of methoxy groups -OCH3 is 1. The average Bonchev–Trinajstić information content (AvgIpc) is 2.43. The Bertz CT molecular complexity index is 561. The third kappa shape index (κ3) is 5.14. The summed E-state index contributed by atoms with van der Waals surface area (Å²) in [5.74, 6) is -0.0613. The van der Waals surface area contributed by atoms with E-state index in [9.17, 15) is 19.1 Å². The number of nitrogens with one attached hydrogen (secondary N) is 1. The molecule has 0 heterocycles. The van der Waals surface area contributed by atoms with Crippen molar-refractivity contribution >= 4 is 28.1 Å². The molecule has 1 aromatic carbocycles. The second kappa shape index (κ2) is 7.72. The van der Waals surface area contributed by atoms with Crippen LogP contribution in [0.25, 0.3) is 0 Å². The maximum atomic E-state index is 11.5. The number of hydrogen-bond acceptors (Lipinski definition) is 6. The summed E-state index contributed by atoms with van der Waals surface area (Å²) >= 11 is 0. The van der Waals surface area contributed by atoms with Crippen molar-refractivity contribution in [1.29, 1.82) is 0 Å². The highest BCUT2D eigenvalue weighted by atomic mass is 32.2. The summed E-state index contributed by atoms with van der Waals surface area (Å²) < 4.78 is 15.7. The van der Waals surface area contributed by atoms with Crippen LogP contribution < -0.4 is 5.32 Å². The van der Waals surface area contributed by atoms with Gasteiger partial charge in [-0.2, -0.15) is 0 Å². The number of hydrogen-bond donors (Lipinski definition) is 1. The van der Waals surface area contributed by atoms with Crippen molar-refractivity contribution in [3.63, 3.8) is 0 Å². The van der Waals surface area contributed by atoms with E-state index in [4.69, 9.17) is 0 Å². The molecule has 0 aliphatic rings. The molecule has 8 heteroatoms. The van der Waals surface area contributed by atoms with Gasteiger partial charge in [0.15, 0.2) is 0 Å². The first-order valence-electron chi connectivity index (χ1n) is 6.28. The molecule has 0 fully saturated rings. The van der Waals surface area contributed by atoms with Gasteiger partial charge in [0, 0.05) is 34.9 Å². The smallest absolute Gasteiger partial charge is 0.337 e. The van der Waals surface area contributed by atoms with E-state index in [1.807, 2.05) is 6.92 Å². The van der Waals surface area contributed by atoms with E-state index in [0.717, 1.165) is 0 Å². The number of esters is 1. The molecule has 0 saturated carbocycles. The van der Waals surface area contributed by atoms with E-state index in [0.29, 0.717) is 12.2 Å². The fraction of sp³-hybridized carbons (Fsp3) is 0.462. The van der Waals surface area contributed by atoms with Gasteiger partial charge in [-0.25, -0.2) is 4.79 Å². The van der Waals surface area contributed by atoms with Gasteiger partial charge in [0.1, 0.15) is 5.69 Å². The Morgan fingerprint density at radius 2 is 2.19 bits per heavy atom. The number of anilines is 1. The lowest BCUT2D eigenvalue weighted by atomic mass is 10.1. The maximum Gasteiger partial charge on any atom is 0.337 e. The second-order valence-electron chi connectivity index (χ2n) is 4.59. The molecular formula is C13H18N2O5S. The minimum Gasteiger partial charge on any atom is -0.465 e. The van der Waals surface area contributed by atoms with E-state index < -0.39 is 21.7 Å². The number of rotatable bonds is 7. The van der Waals surface area contributed by atoms with Crippen LogP contribution in [0.1, 0.15) is 23.7 Å². The van der Waals surface area contributed by atoms with Crippen molar-refractivity contribution in [2.45, 2.75) is 19.4 Å². The summed E-state index contributed by atoms with van der Waals surface area (Å²) in [5, 5.41) is 14.0. The van der Waals surface area contributed by atoms with Crippen molar-refractivity contribution < 1.29 is 18.7 Å². The van der Waals surface area contributed by atoms with E-state index >= 15 is 0 Å².